The van der Waals surface area contributed by atoms with Crippen LogP contribution in [0.4, 0.5) is 0 Å². The number of amides is 1. The highest BCUT2D eigenvalue weighted by molar-refractivity contribution is 5.92. The van der Waals surface area contributed by atoms with Crippen LogP contribution in [0.5, 0.6) is 0 Å². The molecule has 0 saturated heterocycles. The standard InChI is InChI=1S/C15H23N3O3/c1-9(14(20)21)8-16-13(19)11-7-12(10-5-6-10)18(17-11)15(2,3)4/h7,9-10H,5-6,8H2,1-4H3,(H,16,19)(H,20,21). The molecular weight excluding hydrogens is 270 g/mol. The van der Waals surface area contributed by atoms with Crippen molar-refractivity contribution in [3.05, 3.63) is 17.5 Å². The molecule has 1 heterocycles. The predicted octanol–water partition coefficient (Wildman–Crippen LogP) is 1.97. The first-order valence-electron chi connectivity index (χ1n) is 7.31. The van der Waals surface area contributed by atoms with Crippen LogP contribution in [0.15, 0.2) is 6.07 Å². The second-order valence-electron chi connectivity index (χ2n) is 6.76. The van der Waals surface area contributed by atoms with Crippen molar-refractivity contribution in [3.63, 3.8) is 0 Å². The second-order valence-corrected chi connectivity index (χ2v) is 6.76. The first kappa shape index (κ1) is 15.5. The molecule has 1 aromatic heterocycles. The number of carbonyl (C=O) groups excluding carboxylic acids is 1. The van der Waals surface area contributed by atoms with E-state index in [1.165, 1.54) is 0 Å². The highest BCUT2D eigenvalue weighted by Gasteiger charge is 2.32. The zero-order valence-corrected chi connectivity index (χ0v) is 13.0. The Morgan fingerprint density at radius 2 is 2.10 bits per heavy atom. The first-order chi connectivity index (χ1) is 9.70. The minimum Gasteiger partial charge on any atom is -0.481 e. The number of nitrogens with zero attached hydrogens (tertiary/aromatic N) is 2. The fourth-order valence-electron chi connectivity index (χ4n) is 2.14. The second kappa shape index (κ2) is 5.50. The van der Waals surface area contributed by atoms with Crippen molar-refractivity contribution in [2.24, 2.45) is 5.92 Å². The fourth-order valence-corrected chi connectivity index (χ4v) is 2.14. The van der Waals surface area contributed by atoms with Gasteiger partial charge in [-0.05, 0) is 39.7 Å². The summed E-state index contributed by atoms with van der Waals surface area (Å²) in [6.45, 7) is 7.83. The Hall–Kier alpha value is -1.85. The van der Waals surface area contributed by atoms with E-state index in [1.807, 2.05) is 10.7 Å². The van der Waals surface area contributed by atoms with Gasteiger partial charge in [-0.2, -0.15) is 5.10 Å². The molecule has 0 bridgehead atoms. The molecule has 21 heavy (non-hydrogen) atoms. The quantitative estimate of drug-likeness (QED) is 0.869. The van der Waals surface area contributed by atoms with Crippen molar-refractivity contribution >= 4 is 11.9 Å². The molecule has 0 spiro atoms. The number of rotatable bonds is 5. The monoisotopic (exact) mass is 293 g/mol. The predicted molar refractivity (Wildman–Crippen MR) is 78.3 cm³/mol. The lowest BCUT2D eigenvalue weighted by Gasteiger charge is -2.22. The van der Waals surface area contributed by atoms with Gasteiger partial charge < -0.3 is 10.4 Å². The molecule has 2 N–H and O–H groups in total. The van der Waals surface area contributed by atoms with Crippen LogP contribution in [0.1, 0.15) is 62.6 Å². The summed E-state index contributed by atoms with van der Waals surface area (Å²) in [7, 11) is 0. The number of aliphatic carboxylic acids is 1. The largest absolute Gasteiger partial charge is 0.481 e. The summed E-state index contributed by atoms with van der Waals surface area (Å²) in [6, 6.07) is 1.84. The van der Waals surface area contributed by atoms with E-state index in [9.17, 15) is 9.59 Å². The van der Waals surface area contributed by atoms with Crippen molar-refractivity contribution in [2.75, 3.05) is 6.54 Å². The number of hydrogen-bond acceptors (Lipinski definition) is 3. The SMILES string of the molecule is CC(CNC(=O)c1cc(C2CC2)n(C(C)(C)C)n1)C(=O)O. The van der Waals surface area contributed by atoms with Crippen molar-refractivity contribution in [2.45, 2.75) is 52.0 Å². The van der Waals surface area contributed by atoms with Gasteiger partial charge in [-0.25, -0.2) is 0 Å². The van der Waals surface area contributed by atoms with Gasteiger partial charge in [0.1, 0.15) is 5.69 Å². The van der Waals surface area contributed by atoms with Gasteiger partial charge in [-0.1, -0.05) is 6.92 Å². The molecule has 6 heteroatoms. The van der Waals surface area contributed by atoms with Crippen molar-refractivity contribution < 1.29 is 14.7 Å². The number of carbonyl (C=O) groups is 2. The average molecular weight is 293 g/mol. The number of carboxylic acids is 1. The van der Waals surface area contributed by atoms with E-state index in [1.54, 1.807) is 6.92 Å². The smallest absolute Gasteiger partial charge is 0.308 e. The summed E-state index contributed by atoms with van der Waals surface area (Å²) in [6.07, 6.45) is 2.28. The Labute approximate surface area is 124 Å². The Kier molecular flexibility index (Phi) is 4.07. The summed E-state index contributed by atoms with van der Waals surface area (Å²) < 4.78 is 1.92. The van der Waals surface area contributed by atoms with Crippen molar-refractivity contribution in [1.82, 2.24) is 15.1 Å². The molecule has 0 aliphatic heterocycles. The molecule has 1 amide bonds. The van der Waals surface area contributed by atoms with Crippen LogP contribution in [-0.4, -0.2) is 33.3 Å². The first-order valence-corrected chi connectivity index (χ1v) is 7.31. The zero-order chi connectivity index (χ0) is 15.8. The van der Waals surface area contributed by atoms with Crippen LogP contribution in [0.3, 0.4) is 0 Å². The molecule has 1 aliphatic rings. The Balaban J connectivity index is 2.13. The normalized spacial score (nSPS) is 16.6. The van der Waals surface area contributed by atoms with Gasteiger partial charge in [0.15, 0.2) is 0 Å². The van der Waals surface area contributed by atoms with Gasteiger partial charge in [0.25, 0.3) is 5.91 Å². The molecule has 1 atom stereocenters. The van der Waals surface area contributed by atoms with Gasteiger partial charge >= 0.3 is 5.97 Å². The van der Waals surface area contributed by atoms with Crippen molar-refractivity contribution in [3.8, 4) is 0 Å². The summed E-state index contributed by atoms with van der Waals surface area (Å²) in [5, 5.41) is 15.9. The zero-order valence-electron chi connectivity index (χ0n) is 13.0. The van der Waals surface area contributed by atoms with Gasteiger partial charge in [0.05, 0.1) is 11.5 Å². The van der Waals surface area contributed by atoms with E-state index in [-0.39, 0.29) is 18.0 Å². The van der Waals surface area contributed by atoms with Gasteiger partial charge in [-0.3, -0.25) is 14.3 Å². The molecular formula is C15H23N3O3. The molecule has 6 nitrogen and oxygen atoms in total. The maximum absolute atomic E-state index is 12.1. The van der Waals surface area contributed by atoms with E-state index in [4.69, 9.17) is 5.11 Å². The molecule has 116 valence electrons. The molecule has 2 rings (SSSR count). The molecule has 1 saturated carbocycles. The summed E-state index contributed by atoms with van der Waals surface area (Å²) in [5.74, 6) is -1.35. The minimum atomic E-state index is -0.922. The Bertz CT molecular complexity index is 553. The average Bonchev–Trinajstić information content (AvgIpc) is 3.12. The third-order valence-electron chi connectivity index (χ3n) is 3.59. The van der Waals surface area contributed by atoms with Gasteiger partial charge in [0, 0.05) is 18.2 Å². The lowest BCUT2D eigenvalue weighted by Crippen LogP contribution is -2.32. The molecule has 1 fully saturated rings. The van der Waals surface area contributed by atoms with E-state index in [2.05, 4.69) is 31.2 Å². The van der Waals surface area contributed by atoms with Gasteiger partial charge in [0.2, 0.25) is 0 Å². The lowest BCUT2D eigenvalue weighted by atomic mass is 10.1. The molecule has 0 aromatic carbocycles. The summed E-state index contributed by atoms with van der Waals surface area (Å²) in [5.41, 5.74) is 1.29. The highest BCUT2D eigenvalue weighted by Crippen LogP contribution is 2.41. The van der Waals surface area contributed by atoms with Gasteiger partial charge in [-0.15, -0.1) is 0 Å². The molecule has 1 unspecified atom stereocenters. The fraction of sp³-hybridized carbons (Fsp3) is 0.667. The number of hydrogen-bond donors (Lipinski definition) is 2. The molecule has 1 aromatic rings. The number of aromatic nitrogens is 2. The third kappa shape index (κ3) is 3.62. The summed E-state index contributed by atoms with van der Waals surface area (Å²) >= 11 is 0. The molecule has 1 aliphatic carbocycles. The van der Waals surface area contributed by atoms with E-state index in [0.29, 0.717) is 11.6 Å². The molecule has 0 radical (unpaired) electrons. The van der Waals surface area contributed by atoms with E-state index < -0.39 is 11.9 Å². The van der Waals surface area contributed by atoms with Crippen LogP contribution < -0.4 is 5.32 Å². The topological polar surface area (TPSA) is 84.2 Å². The maximum Gasteiger partial charge on any atom is 0.308 e. The van der Waals surface area contributed by atoms with E-state index >= 15 is 0 Å². The number of carboxylic acid groups (broad SMARTS) is 1. The van der Waals surface area contributed by atoms with E-state index in [0.717, 1.165) is 18.5 Å². The van der Waals surface area contributed by atoms with Crippen LogP contribution in [0.25, 0.3) is 0 Å². The summed E-state index contributed by atoms with van der Waals surface area (Å²) in [4.78, 5) is 22.9. The maximum atomic E-state index is 12.1. The van der Waals surface area contributed by atoms with Crippen LogP contribution in [-0.2, 0) is 10.3 Å². The lowest BCUT2D eigenvalue weighted by molar-refractivity contribution is -0.140. The van der Waals surface area contributed by atoms with Crippen LogP contribution in [0, 0.1) is 5.92 Å². The van der Waals surface area contributed by atoms with Crippen LogP contribution >= 0.6 is 0 Å². The third-order valence-corrected chi connectivity index (χ3v) is 3.59. The van der Waals surface area contributed by atoms with Crippen molar-refractivity contribution in [1.29, 1.82) is 0 Å². The highest BCUT2D eigenvalue weighted by atomic mass is 16.4. The Morgan fingerprint density at radius 3 is 2.57 bits per heavy atom. The minimum absolute atomic E-state index is 0.106. The Morgan fingerprint density at radius 1 is 1.48 bits per heavy atom. The number of nitrogens with one attached hydrogen (secondary N) is 1. The van der Waals surface area contributed by atoms with Crippen LogP contribution in [0.2, 0.25) is 0 Å².